The Morgan fingerprint density at radius 2 is 0.457 bits per heavy atom. The topological polar surface area (TPSA) is 100.0 Å². The molecule has 6 nitrogen and oxygen atoms in total. The number of hydrogen-bond donors (Lipinski definition) is 3. The largest absolute Gasteiger partial charge is 0.569 e. The number of fused-ring (bicyclic) bond motifs is 4. The summed E-state index contributed by atoms with van der Waals surface area (Å²) in [6.07, 6.45) is 0. The van der Waals surface area contributed by atoms with Gasteiger partial charge in [-0.3, -0.25) is 0 Å². The Balaban J connectivity index is 0.000000129. The zero-order chi connectivity index (χ0) is 88.4. The van der Waals surface area contributed by atoms with Gasteiger partial charge in [-0.25, -0.2) is 8.78 Å². The van der Waals surface area contributed by atoms with Crippen LogP contribution in [0.25, 0.3) is 54.2 Å². The van der Waals surface area contributed by atoms with Gasteiger partial charge >= 0.3 is 7.69 Å². The molecule has 20 rings (SSSR count). The van der Waals surface area contributed by atoms with Crippen LogP contribution in [-0.4, -0.2) is 26.9 Å². The number of hydrogen-bond acceptors (Lipinski definition) is 6. The van der Waals surface area contributed by atoms with E-state index in [-0.39, 0.29) is 32.1 Å². The summed E-state index contributed by atoms with van der Waals surface area (Å²) in [5.41, 5.74) is 14.6. The van der Waals surface area contributed by atoms with Crippen LogP contribution in [0.3, 0.4) is 0 Å². The van der Waals surface area contributed by atoms with Crippen LogP contribution in [0.4, 0.5) is 20.2 Å². The predicted molar refractivity (Wildman–Crippen MR) is 554 cm³/mol. The van der Waals surface area contributed by atoms with Crippen molar-refractivity contribution >= 4 is 173 Å². The molecule has 20 aromatic rings. The summed E-state index contributed by atoms with van der Waals surface area (Å²) in [5, 5.41) is 33.0. The van der Waals surface area contributed by atoms with E-state index < -0.39 is 31.7 Å². The molecule has 0 saturated carbocycles. The number of rotatable bonds is 17. The maximum atomic E-state index is 13.5. The van der Waals surface area contributed by atoms with E-state index in [1.54, 1.807) is 62.8 Å². The van der Waals surface area contributed by atoms with E-state index in [1.807, 2.05) is 72.8 Å². The van der Waals surface area contributed by atoms with Crippen LogP contribution >= 0.6 is 47.6 Å². The Hall–Kier alpha value is -12.8. The molecule has 0 saturated heterocycles. The van der Waals surface area contributed by atoms with Crippen LogP contribution in [0.1, 0.15) is 0 Å². The molecule has 15 heteroatoms. The van der Waals surface area contributed by atoms with Gasteiger partial charge in [0.25, 0.3) is 0 Å². The molecule has 0 amide bonds. The molecular formula is C114H93BBrF2N2O4P4Pd. The van der Waals surface area contributed by atoms with Gasteiger partial charge in [0.1, 0.15) is 28.9 Å². The summed E-state index contributed by atoms with van der Waals surface area (Å²) in [6, 6.07) is 170. The number of methoxy groups -OCH3 is 2. The van der Waals surface area contributed by atoms with Crippen LogP contribution in [0.2, 0.25) is 0 Å². The van der Waals surface area contributed by atoms with E-state index in [0.717, 1.165) is 70.2 Å². The number of nitrogens with two attached hydrogens (primary N) is 2. The minimum atomic E-state index is -0.446. The fraction of sp³-hybridized carbons (Fsp3) is 0.0175. The third kappa shape index (κ3) is 26.0. The molecule has 0 aromatic heterocycles. The molecule has 5 N–H and O–H groups in total. The Morgan fingerprint density at radius 3 is 0.721 bits per heavy atom. The number of anilines is 2. The monoisotopic (exact) mass is 1910 g/mol. The SMILES string of the molecule is COc1cc2cc3ccc(F)cc3cc2cc1-c1ccccc1N.COc1cc2cc3ccc(F)cc3cc2cc1Br.Nc1ccccc1O[B]O.[Pd].c1ccc(P(c2ccccc2)c2ccccc2)cc1.c1ccc(P(c2ccccc2)c2ccccc2)cc1.c1ccc(P(c2ccccc2)c2ccccc2)cc1.c1ccc(P(c2ccccc2)c2ccccc2)cc1. The van der Waals surface area contributed by atoms with Gasteiger partial charge in [-0.05, 0) is 245 Å². The molecule has 0 unspecified atom stereocenters. The minimum Gasteiger partial charge on any atom is -0.536 e. The van der Waals surface area contributed by atoms with Crippen molar-refractivity contribution in [3.8, 4) is 28.4 Å². The molecule has 0 atom stereocenters. The fourth-order valence-electron chi connectivity index (χ4n) is 14.6. The molecule has 637 valence electrons. The Labute approximate surface area is 783 Å². The number of halogens is 3. The van der Waals surface area contributed by atoms with Crippen LogP contribution < -0.4 is 89.2 Å². The van der Waals surface area contributed by atoms with Crippen LogP contribution in [0.5, 0.6) is 17.2 Å². The second kappa shape index (κ2) is 48.9. The summed E-state index contributed by atoms with van der Waals surface area (Å²) in [6.45, 7) is 0. The van der Waals surface area contributed by atoms with Crippen molar-refractivity contribution in [3.63, 3.8) is 0 Å². The maximum absolute atomic E-state index is 13.5. The Kier molecular flexibility index (Phi) is 35.6. The summed E-state index contributed by atoms with van der Waals surface area (Å²) < 4.78 is 43.1. The van der Waals surface area contributed by atoms with E-state index in [4.69, 9.17) is 26.0 Å². The maximum Gasteiger partial charge on any atom is 0.569 e. The van der Waals surface area contributed by atoms with Crippen molar-refractivity contribution in [3.05, 3.63) is 514 Å². The Morgan fingerprint density at radius 1 is 0.233 bits per heavy atom. The van der Waals surface area contributed by atoms with Gasteiger partial charge < -0.3 is 30.6 Å². The van der Waals surface area contributed by atoms with E-state index in [1.165, 1.54) is 75.8 Å². The number of para-hydroxylation sites is 3. The average Bonchev–Trinajstić information content (AvgIpc) is 0.770. The standard InChI is InChI=1S/C21H16FNO.4C18H15P.C15H10BrFO.C6H7BNO2.Pd/c1-24-21-12-16-8-13-6-7-17(22)10-14(13)9-15(16)11-19(21)18-4-2-3-5-20(18)23;4*1-4-10-16(11-5-1)19(17-12-6-2-7-13-17)18-14-8-3-9-15-18;1-18-15-8-12-4-9-2-3-13(17)6-10(9)5-11(12)7-14(15)16;8-5-3-1-2-4-6(5)10-7-9;/h2-12H,23H2,1H3;4*1-15H;2-8H,1H3;1-4,9H,8H2;. The van der Waals surface area contributed by atoms with E-state index in [9.17, 15) is 8.78 Å². The van der Waals surface area contributed by atoms with Crippen LogP contribution in [-0.2, 0) is 20.4 Å². The summed E-state index contributed by atoms with van der Waals surface area (Å²) >= 11 is 3.46. The molecule has 129 heavy (non-hydrogen) atoms. The molecule has 0 heterocycles. The van der Waals surface area contributed by atoms with Gasteiger partial charge in [0.15, 0.2) is 0 Å². The van der Waals surface area contributed by atoms with Gasteiger partial charge in [0, 0.05) is 37.2 Å². The van der Waals surface area contributed by atoms with Crippen LogP contribution in [0, 0.1) is 11.6 Å². The summed E-state index contributed by atoms with van der Waals surface area (Å²) in [5.74, 6) is 1.58. The predicted octanol–water partition coefficient (Wildman–Crippen LogP) is 24.2. The van der Waals surface area contributed by atoms with E-state index in [2.05, 4.69) is 385 Å². The van der Waals surface area contributed by atoms with Gasteiger partial charge in [-0.2, -0.15) is 0 Å². The van der Waals surface area contributed by atoms with Crippen molar-refractivity contribution in [2.24, 2.45) is 0 Å². The zero-order valence-electron chi connectivity index (χ0n) is 71.0. The average molecular weight is 1910 g/mol. The number of nitrogen functional groups attached to an aromatic ring is 2. The van der Waals surface area contributed by atoms with Gasteiger partial charge in [0.05, 0.1) is 24.4 Å². The van der Waals surface area contributed by atoms with Crippen molar-refractivity contribution in [1.82, 2.24) is 0 Å². The van der Waals surface area contributed by atoms with Crippen molar-refractivity contribution in [1.29, 1.82) is 0 Å². The molecule has 0 aliphatic rings. The first-order chi connectivity index (χ1) is 63.0. The summed E-state index contributed by atoms with van der Waals surface area (Å²) in [4.78, 5) is 0. The normalized spacial score (nSPS) is 10.5. The second-order valence-corrected chi connectivity index (χ2v) is 38.9. The van der Waals surface area contributed by atoms with E-state index >= 15 is 0 Å². The fourth-order valence-corrected chi connectivity index (χ4v) is 24.4. The van der Waals surface area contributed by atoms with Crippen molar-refractivity contribution < 1.29 is 48.4 Å². The minimum absolute atomic E-state index is 0. The van der Waals surface area contributed by atoms with Gasteiger partial charge in [0.2, 0.25) is 0 Å². The molecular weight excluding hydrogens is 1820 g/mol. The molecule has 0 aliphatic heterocycles. The molecule has 20 aromatic carbocycles. The van der Waals surface area contributed by atoms with Gasteiger partial charge in [-0.15, -0.1) is 0 Å². The van der Waals surface area contributed by atoms with Crippen molar-refractivity contribution in [2.75, 3.05) is 25.7 Å². The first kappa shape index (κ1) is 93.8. The molecule has 0 fully saturated rings. The Bertz CT molecular complexity index is 5960. The van der Waals surface area contributed by atoms with Crippen LogP contribution in [0.15, 0.2) is 502 Å². The molecule has 0 bridgehead atoms. The smallest absolute Gasteiger partial charge is 0.536 e. The molecule has 0 spiro atoms. The third-order valence-electron chi connectivity index (χ3n) is 20.6. The summed E-state index contributed by atoms with van der Waals surface area (Å²) in [7, 11) is 2.11. The van der Waals surface area contributed by atoms with Gasteiger partial charge in [-0.1, -0.05) is 406 Å². The zero-order valence-corrected chi connectivity index (χ0v) is 77.7. The third-order valence-corrected chi connectivity index (χ3v) is 31.0. The number of ether oxygens (including phenoxy) is 2. The molecule has 0 aliphatic carbocycles. The first-order valence-corrected chi connectivity index (χ1v) is 47.8. The first-order valence-electron chi connectivity index (χ1n) is 41.7. The number of benzene rings is 20. The molecule has 1 radical (unpaired) electrons. The van der Waals surface area contributed by atoms with E-state index in [0.29, 0.717) is 24.8 Å². The quantitative estimate of drug-likeness (QED) is 0.0364. The second-order valence-electron chi connectivity index (χ2n) is 29.1. The van der Waals surface area contributed by atoms with Crippen molar-refractivity contribution in [2.45, 2.75) is 0 Å².